The number of carboxylic acid groups (broad SMARTS) is 1. The summed E-state index contributed by atoms with van der Waals surface area (Å²) in [6.45, 7) is 0.872. The van der Waals surface area contributed by atoms with Crippen LogP contribution in [0, 0.1) is 0 Å². The summed E-state index contributed by atoms with van der Waals surface area (Å²) in [4.78, 5) is 23.6. The predicted octanol–water partition coefficient (Wildman–Crippen LogP) is -0.849. The second-order valence-electron chi connectivity index (χ2n) is 3.87. The molecule has 19 heavy (non-hydrogen) atoms. The normalized spacial score (nSPS) is 10.2. The molecule has 9 nitrogen and oxygen atoms in total. The smallest absolute Gasteiger partial charge is 0.325 e. The van der Waals surface area contributed by atoms with Gasteiger partial charge in [-0.05, 0) is 0 Å². The first-order chi connectivity index (χ1) is 9.02. The first kappa shape index (κ1) is 14.9. The molecule has 0 atom stereocenters. The highest BCUT2D eigenvalue weighted by molar-refractivity contribution is 5.73. The van der Waals surface area contributed by atoms with E-state index in [4.69, 9.17) is 9.84 Å². The van der Waals surface area contributed by atoms with Gasteiger partial charge in [0.2, 0.25) is 0 Å². The summed E-state index contributed by atoms with van der Waals surface area (Å²) in [5.74, 6) is -1.00. The molecule has 2 N–H and O–H groups in total. The van der Waals surface area contributed by atoms with Crippen LogP contribution in [0.3, 0.4) is 0 Å². The summed E-state index contributed by atoms with van der Waals surface area (Å²) in [7, 11) is 3.21. The Kier molecular flexibility index (Phi) is 5.73. The van der Waals surface area contributed by atoms with E-state index in [0.717, 1.165) is 0 Å². The van der Waals surface area contributed by atoms with Crippen LogP contribution in [0.15, 0.2) is 6.20 Å². The van der Waals surface area contributed by atoms with Crippen molar-refractivity contribution in [1.29, 1.82) is 0 Å². The molecule has 2 amide bonds. The maximum atomic E-state index is 11.6. The molecule has 0 fully saturated rings. The largest absolute Gasteiger partial charge is 0.480 e. The second-order valence-corrected chi connectivity index (χ2v) is 3.87. The fourth-order valence-corrected chi connectivity index (χ4v) is 1.27. The van der Waals surface area contributed by atoms with Gasteiger partial charge in [0.05, 0.1) is 19.3 Å². The van der Waals surface area contributed by atoms with E-state index >= 15 is 0 Å². The third kappa shape index (κ3) is 5.34. The molecular weight excluding hydrogens is 254 g/mol. The van der Waals surface area contributed by atoms with E-state index in [2.05, 4.69) is 15.6 Å². The number of urea groups is 1. The lowest BCUT2D eigenvalue weighted by molar-refractivity contribution is -0.137. The molecule has 0 bridgehead atoms. The van der Waals surface area contributed by atoms with Gasteiger partial charge in [0.25, 0.3) is 0 Å². The summed E-state index contributed by atoms with van der Waals surface area (Å²) < 4.78 is 6.06. The number of aliphatic carboxylic acids is 1. The van der Waals surface area contributed by atoms with Crippen molar-refractivity contribution in [3.8, 4) is 0 Å². The Bertz CT molecular complexity index is 433. The van der Waals surface area contributed by atoms with Crippen LogP contribution < -0.4 is 5.32 Å². The van der Waals surface area contributed by atoms with Gasteiger partial charge in [0.15, 0.2) is 0 Å². The van der Waals surface area contributed by atoms with E-state index in [0.29, 0.717) is 18.8 Å². The maximum absolute atomic E-state index is 11.6. The lowest BCUT2D eigenvalue weighted by Crippen LogP contribution is -2.38. The van der Waals surface area contributed by atoms with Crippen LogP contribution in [0.1, 0.15) is 5.69 Å². The van der Waals surface area contributed by atoms with Crippen molar-refractivity contribution >= 4 is 12.0 Å². The van der Waals surface area contributed by atoms with Crippen LogP contribution in [-0.2, 0) is 22.6 Å². The van der Waals surface area contributed by atoms with Crippen LogP contribution in [0.4, 0.5) is 4.79 Å². The third-order valence-corrected chi connectivity index (χ3v) is 2.28. The molecule has 0 unspecified atom stereocenters. The fourth-order valence-electron chi connectivity index (χ4n) is 1.27. The number of hydrogen-bond donors (Lipinski definition) is 2. The average molecular weight is 271 g/mol. The highest BCUT2D eigenvalue weighted by atomic mass is 16.5. The molecule has 106 valence electrons. The Hall–Kier alpha value is -2.16. The van der Waals surface area contributed by atoms with E-state index in [-0.39, 0.29) is 19.1 Å². The monoisotopic (exact) mass is 271 g/mol. The number of nitrogens with zero attached hydrogens (tertiary/aromatic N) is 4. The highest BCUT2D eigenvalue weighted by Gasteiger charge is 2.09. The predicted molar refractivity (Wildman–Crippen MR) is 64.4 cm³/mol. The Labute approximate surface area is 110 Å². The summed E-state index contributed by atoms with van der Waals surface area (Å²) in [6.07, 6.45) is 1.48. The number of nitrogens with one attached hydrogen (secondary N) is 1. The molecule has 0 saturated carbocycles. The van der Waals surface area contributed by atoms with Crippen molar-refractivity contribution in [2.45, 2.75) is 13.1 Å². The molecule has 0 aliphatic carbocycles. The molecule has 1 aromatic heterocycles. The number of carbonyl (C=O) groups excluding carboxylic acids is 1. The number of rotatable bonds is 7. The van der Waals surface area contributed by atoms with Gasteiger partial charge in [0, 0.05) is 20.7 Å². The van der Waals surface area contributed by atoms with Gasteiger partial charge in [0.1, 0.15) is 12.2 Å². The molecule has 0 spiro atoms. The van der Waals surface area contributed by atoms with Gasteiger partial charge >= 0.3 is 12.0 Å². The van der Waals surface area contributed by atoms with Crippen molar-refractivity contribution in [2.24, 2.45) is 0 Å². The van der Waals surface area contributed by atoms with Crippen LogP contribution >= 0.6 is 0 Å². The molecule has 0 aliphatic rings. The Morgan fingerprint density at radius 3 is 2.95 bits per heavy atom. The van der Waals surface area contributed by atoms with Crippen molar-refractivity contribution in [2.75, 3.05) is 27.3 Å². The number of carbonyl (C=O) groups is 2. The number of ether oxygens (including phenoxy) is 1. The number of aromatic nitrogens is 3. The van der Waals surface area contributed by atoms with E-state index in [1.54, 1.807) is 14.2 Å². The minimum absolute atomic E-state index is 0.190. The zero-order valence-corrected chi connectivity index (χ0v) is 10.9. The van der Waals surface area contributed by atoms with Gasteiger partial charge in [-0.3, -0.25) is 4.79 Å². The molecule has 1 aromatic rings. The second kappa shape index (κ2) is 7.31. The first-order valence-corrected chi connectivity index (χ1v) is 5.61. The first-order valence-electron chi connectivity index (χ1n) is 5.61. The number of carboxylic acids is 1. The van der Waals surface area contributed by atoms with E-state index in [9.17, 15) is 9.59 Å². The number of amides is 2. The summed E-state index contributed by atoms with van der Waals surface area (Å²) in [5, 5.41) is 18.6. The summed E-state index contributed by atoms with van der Waals surface area (Å²) >= 11 is 0. The van der Waals surface area contributed by atoms with Crippen LogP contribution in [0.2, 0.25) is 0 Å². The fraction of sp³-hybridized carbons (Fsp3) is 0.600. The van der Waals surface area contributed by atoms with Crippen molar-refractivity contribution in [1.82, 2.24) is 25.2 Å². The Morgan fingerprint density at radius 2 is 2.32 bits per heavy atom. The molecule has 0 aromatic carbocycles. The van der Waals surface area contributed by atoms with Gasteiger partial charge in [-0.1, -0.05) is 5.21 Å². The minimum Gasteiger partial charge on any atom is -0.480 e. The summed E-state index contributed by atoms with van der Waals surface area (Å²) in [6, 6.07) is -0.259. The average Bonchev–Trinajstić information content (AvgIpc) is 2.79. The Morgan fingerprint density at radius 1 is 1.58 bits per heavy atom. The summed E-state index contributed by atoms with van der Waals surface area (Å²) in [5.41, 5.74) is 0.495. The van der Waals surface area contributed by atoms with Crippen LogP contribution in [0.25, 0.3) is 0 Å². The molecule has 0 radical (unpaired) electrons. The van der Waals surface area contributed by atoms with Gasteiger partial charge in [-0.15, -0.1) is 5.10 Å². The minimum atomic E-state index is -1.00. The van der Waals surface area contributed by atoms with Crippen LogP contribution in [-0.4, -0.2) is 64.3 Å². The zero-order chi connectivity index (χ0) is 14.3. The number of methoxy groups -OCH3 is 1. The number of hydrogen-bond acceptors (Lipinski definition) is 5. The van der Waals surface area contributed by atoms with E-state index in [1.165, 1.54) is 15.8 Å². The molecule has 1 heterocycles. The van der Waals surface area contributed by atoms with E-state index in [1.807, 2.05) is 0 Å². The van der Waals surface area contributed by atoms with Gasteiger partial charge in [-0.25, -0.2) is 9.48 Å². The molecule has 1 rings (SSSR count). The van der Waals surface area contributed by atoms with Gasteiger partial charge in [-0.2, -0.15) is 0 Å². The highest BCUT2D eigenvalue weighted by Crippen LogP contribution is 1.94. The molecule has 9 heteroatoms. The third-order valence-electron chi connectivity index (χ3n) is 2.28. The zero-order valence-electron chi connectivity index (χ0n) is 10.9. The lowest BCUT2D eigenvalue weighted by atomic mass is 10.4. The lowest BCUT2D eigenvalue weighted by Gasteiger charge is -2.16. The standard InChI is InChI=1S/C10H17N5O4/c1-14(3-4-19-2)10(18)11-5-8-6-15(13-12-8)7-9(16)17/h6H,3-5,7H2,1-2H3,(H,11,18)(H,16,17). The van der Waals surface area contributed by atoms with Crippen molar-refractivity contribution < 1.29 is 19.4 Å². The maximum Gasteiger partial charge on any atom is 0.325 e. The quantitative estimate of drug-likeness (QED) is 0.668. The van der Waals surface area contributed by atoms with E-state index < -0.39 is 5.97 Å². The van der Waals surface area contributed by atoms with Crippen LogP contribution in [0.5, 0.6) is 0 Å². The van der Waals surface area contributed by atoms with Gasteiger partial charge < -0.3 is 20.1 Å². The van der Waals surface area contributed by atoms with Crippen molar-refractivity contribution in [3.05, 3.63) is 11.9 Å². The SMILES string of the molecule is COCCN(C)C(=O)NCc1cn(CC(=O)O)nn1. The number of likely N-dealkylation sites (N-methyl/N-ethyl adjacent to an activating group) is 1. The van der Waals surface area contributed by atoms with Crippen molar-refractivity contribution in [3.63, 3.8) is 0 Å². The Balaban J connectivity index is 2.37. The molecular formula is C10H17N5O4. The molecule has 0 aliphatic heterocycles. The molecule has 0 saturated heterocycles. The topological polar surface area (TPSA) is 110 Å².